The van der Waals surface area contributed by atoms with Crippen LogP contribution in [0.25, 0.3) is 93.9 Å². The van der Waals surface area contributed by atoms with Gasteiger partial charge in [0, 0.05) is 11.8 Å². The smallest absolute Gasteiger partial charge is 0.0212 e. The quantitative estimate of drug-likeness (QED) is 0.155. The highest BCUT2D eigenvalue weighted by Crippen LogP contribution is 2.65. The van der Waals surface area contributed by atoms with Crippen LogP contribution in [0.4, 0.5) is 0 Å². The van der Waals surface area contributed by atoms with Crippen molar-refractivity contribution in [1.82, 2.24) is 0 Å². The molecule has 0 nitrogen and oxygen atoms in total. The molecule has 2 atom stereocenters. The lowest BCUT2D eigenvalue weighted by Gasteiger charge is -2.41. The Morgan fingerprint density at radius 1 is 0.379 bits per heavy atom. The molecule has 2 unspecified atom stereocenters. The predicted octanol–water partition coefficient (Wildman–Crippen LogP) is 13.1. The second kappa shape index (κ2) is 10.6. The molecule has 0 radical (unpaired) electrons. The molecule has 0 saturated heterocycles. The summed E-state index contributed by atoms with van der Waals surface area (Å²) in [6, 6.07) is 46.5. The first-order valence-electron chi connectivity index (χ1n) is 21.3. The van der Waals surface area contributed by atoms with E-state index in [1.807, 2.05) is 0 Å². The molecule has 0 spiro atoms. The lowest BCUT2D eigenvalue weighted by molar-refractivity contribution is 0.688. The van der Waals surface area contributed by atoms with Gasteiger partial charge in [-0.15, -0.1) is 0 Å². The molecule has 0 N–H and O–H groups in total. The minimum Gasteiger partial charge on any atom is -0.0836 e. The maximum absolute atomic E-state index is 2.61. The number of fused-ring (bicyclic) bond motifs is 12. The molecular formula is C58H36. The van der Waals surface area contributed by atoms with Gasteiger partial charge in [0.1, 0.15) is 0 Å². The summed E-state index contributed by atoms with van der Waals surface area (Å²) in [6.07, 6.45) is 19.4. The topological polar surface area (TPSA) is 0 Å². The maximum atomic E-state index is 2.61. The van der Waals surface area contributed by atoms with Crippen LogP contribution in [-0.4, -0.2) is 0 Å². The van der Waals surface area contributed by atoms with Gasteiger partial charge in [-0.05, 0) is 175 Å². The zero-order valence-electron chi connectivity index (χ0n) is 32.0. The minimum absolute atomic E-state index is 0.264. The number of allylic oxidation sites excluding steroid dienone is 12. The van der Waals surface area contributed by atoms with E-state index in [9.17, 15) is 0 Å². The van der Waals surface area contributed by atoms with E-state index in [0.29, 0.717) is 5.92 Å². The summed E-state index contributed by atoms with van der Waals surface area (Å²) in [4.78, 5) is 0. The Bertz CT molecular complexity index is 3520. The van der Waals surface area contributed by atoms with Crippen molar-refractivity contribution in [2.75, 3.05) is 0 Å². The summed E-state index contributed by atoms with van der Waals surface area (Å²) < 4.78 is 0. The zero-order valence-corrected chi connectivity index (χ0v) is 32.0. The molecule has 8 aliphatic carbocycles. The van der Waals surface area contributed by atoms with E-state index in [1.54, 1.807) is 16.7 Å². The number of rotatable bonds is 2. The molecule has 0 heteroatoms. The minimum atomic E-state index is 0.264. The molecule has 0 amide bonds. The lowest BCUT2D eigenvalue weighted by atomic mass is 9.62. The van der Waals surface area contributed by atoms with Gasteiger partial charge in [-0.3, -0.25) is 0 Å². The summed E-state index contributed by atoms with van der Waals surface area (Å²) in [5, 5.41) is 8.62. The molecule has 0 fully saturated rings. The van der Waals surface area contributed by atoms with Gasteiger partial charge in [0.25, 0.3) is 0 Å². The molecular weight excluding hydrogens is 697 g/mol. The van der Waals surface area contributed by atoms with Gasteiger partial charge in [0.2, 0.25) is 0 Å². The molecule has 0 bridgehead atoms. The SMILES string of the molecule is C1=CC2=C(CC1)c1cc3c(-c4ccccc4)c4c(c(-c5ccccc5)c3c3cccc2c13)C1=CC=C2C3=c5c(ccc6c5=C(CC3)c3ccccc3-6)C3=CC=C4C1C23. The molecule has 7 aromatic carbocycles. The fourth-order valence-electron chi connectivity index (χ4n) is 13.1. The highest BCUT2D eigenvalue weighted by molar-refractivity contribution is 6.30. The van der Waals surface area contributed by atoms with Crippen molar-refractivity contribution in [3.63, 3.8) is 0 Å². The van der Waals surface area contributed by atoms with Crippen LogP contribution >= 0.6 is 0 Å². The number of hydrogen-bond acceptors (Lipinski definition) is 0. The van der Waals surface area contributed by atoms with E-state index in [4.69, 9.17) is 0 Å². The third kappa shape index (κ3) is 3.49. The van der Waals surface area contributed by atoms with Crippen molar-refractivity contribution < 1.29 is 0 Å². The Hall–Kier alpha value is -6.76. The highest BCUT2D eigenvalue weighted by Gasteiger charge is 2.49. The van der Waals surface area contributed by atoms with Crippen LogP contribution in [0.5, 0.6) is 0 Å². The third-order valence-electron chi connectivity index (χ3n) is 15.1. The summed E-state index contributed by atoms with van der Waals surface area (Å²) in [5.41, 5.74) is 29.0. The summed E-state index contributed by atoms with van der Waals surface area (Å²) in [7, 11) is 0. The van der Waals surface area contributed by atoms with Gasteiger partial charge in [-0.1, -0.05) is 152 Å². The van der Waals surface area contributed by atoms with Gasteiger partial charge in [-0.25, -0.2) is 0 Å². The fourth-order valence-corrected chi connectivity index (χ4v) is 13.1. The second-order valence-electron chi connectivity index (χ2n) is 17.5. The van der Waals surface area contributed by atoms with Gasteiger partial charge in [0.05, 0.1) is 0 Å². The second-order valence-corrected chi connectivity index (χ2v) is 17.5. The number of benzene rings is 7. The van der Waals surface area contributed by atoms with Crippen molar-refractivity contribution in [2.24, 2.45) is 11.8 Å². The summed E-state index contributed by atoms with van der Waals surface area (Å²) in [6.45, 7) is 0. The van der Waals surface area contributed by atoms with Crippen molar-refractivity contribution in [3.8, 4) is 33.4 Å². The average molecular weight is 733 g/mol. The van der Waals surface area contributed by atoms with Crippen LogP contribution in [0.2, 0.25) is 0 Å². The molecule has 0 aliphatic heterocycles. The van der Waals surface area contributed by atoms with Gasteiger partial charge < -0.3 is 0 Å². The molecule has 7 aromatic rings. The number of hydrogen-bond donors (Lipinski definition) is 0. The van der Waals surface area contributed by atoms with Gasteiger partial charge >= 0.3 is 0 Å². The zero-order chi connectivity index (χ0) is 37.4. The van der Waals surface area contributed by atoms with Crippen LogP contribution in [-0.2, 0) is 0 Å². The van der Waals surface area contributed by atoms with Crippen LogP contribution < -0.4 is 10.4 Å². The Kier molecular flexibility index (Phi) is 5.55. The van der Waals surface area contributed by atoms with Crippen LogP contribution in [0.15, 0.2) is 163 Å². The van der Waals surface area contributed by atoms with Gasteiger partial charge in [0.15, 0.2) is 0 Å². The largest absolute Gasteiger partial charge is 0.0836 e. The van der Waals surface area contributed by atoms with Crippen molar-refractivity contribution >= 4 is 60.6 Å². The van der Waals surface area contributed by atoms with Gasteiger partial charge in [-0.2, -0.15) is 0 Å². The van der Waals surface area contributed by atoms with Crippen molar-refractivity contribution in [1.29, 1.82) is 0 Å². The highest BCUT2D eigenvalue weighted by atomic mass is 14.5. The first-order chi connectivity index (χ1) is 28.8. The Morgan fingerprint density at radius 2 is 1.02 bits per heavy atom. The van der Waals surface area contributed by atoms with Crippen molar-refractivity contribution in [2.45, 2.75) is 25.7 Å². The summed E-state index contributed by atoms with van der Waals surface area (Å²) >= 11 is 0. The normalized spacial score (nSPS) is 20.3. The molecule has 0 heterocycles. The van der Waals surface area contributed by atoms with Crippen LogP contribution in [0.1, 0.15) is 59.1 Å². The lowest BCUT2D eigenvalue weighted by Crippen LogP contribution is -2.41. The maximum Gasteiger partial charge on any atom is 0.0212 e. The molecule has 8 aliphatic rings. The summed E-state index contributed by atoms with van der Waals surface area (Å²) in [5.74, 6) is 0.563. The van der Waals surface area contributed by atoms with Crippen LogP contribution in [0, 0.1) is 11.8 Å². The molecule has 58 heavy (non-hydrogen) atoms. The Morgan fingerprint density at radius 3 is 1.84 bits per heavy atom. The molecule has 268 valence electrons. The first-order valence-corrected chi connectivity index (χ1v) is 21.3. The Labute approximate surface area is 337 Å². The van der Waals surface area contributed by atoms with Crippen molar-refractivity contribution in [3.05, 3.63) is 207 Å². The van der Waals surface area contributed by atoms with E-state index >= 15 is 0 Å². The molecule has 0 saturated carbocycles. The third-order valence-corrected chi connectivity index (χ3v) is 15.1. The molecule has 0 aromatic heterocycles. The fraction of sp³-hybridized carbons (Fsp3) is 0.103. The van der Waals surface area contributed by atoms with E-state index in [-0.39, 0.29) is 5.92 Å². The predicted molar refractivity (Wildman–Crippen MR) is 243 cm³/mol. The Balaban J connectivity index is 1.10. The van der Waals surface area contributed by atoms with E-state index in [0.717, 1.165) is 25.7 Å². The monoisotopic (exact) mass is 732 g/mol. The standard InChI is InChI=1S/C58H36/c1-3-12-31(13-4-1)49-48-30-47-36-19-10-9-18-35(36)37-20-11-21-44(51(37)47)56(48)50(32-14-5-2-6-15-32)58-46-29-27-43-41-25-23-39-34-17-8-7-16-33(34)38-22-24-40(53(41)52(38)39)42-26-28-45(57(49)58)55(46)54(42)43/h1-9,11-18,20-22,24,26-30,54-55H,10,19,23,25H2. The average Bonchev–Trinajstić information content (AvgIpc) is 3.92. The molecule has 15 rings (SSSR count). The van der Waals surface area contributed by atoms with E-state index in [1.165, 1.54) is 127 Å². The van der Waals surface area contributed by atoms with E-state index in [2.05, 4.69) is 158 Å². The van der Waals surface area contributed by atoms with E-state index < -0.39 is 0 Å². The first kappa shape index (κ1) is 30.4. The van der Waals surface area contributed by atoms with Crippen LogP contribution in [0.3, 0.4) is 0 Å².